The zero-order chi connectivity index (χ0) is 10.7. The summed E-state index contributed by atoms with van der Waals surface area (Å²) in [5.74, 6) is -0.719. The molecule has 4 N–H and O–H groups in total. The minimum Gasteiger partial charge on any atom is -0.488 e. The normalized spacial score (nSPS) is 10.2. The minimum atomic E-state index is -0.697. The molecule has 0 bridgehead atoms. The Morgan fingerprint density at radius 1 is 1.43 bits per heavy atom. The molecule has 0 aliphatic heterocycles. The van der Waals surface area contributed by atoms with Crippen LogP contribution in [0.4, 0.5) is 15.8 Å². The lowest BCUT2D eigenvalue weighted by molar-refractivity contribution is 0.303. The summed E-state index contributed by atoms with van der Waals surface area (Å²) in [7, 11) is 0. The predicted molar refractivity (Wildman–Crippen MR) is 56.0 cm³/mol. The molecule has 0 atom stereocenters. The van der Waals surface area contributed by atoms with E-state index in [1.165, 1.54) is 6.07 Å². The van der Waals surface area contributed by atoms with Crippen LogP contribution in [0.1, 0.15) is 13.3 Å². The quantitative estimate of drug-likeness (QED) is 0.766. The van der Waals surface area contributed by atoms with Gasteiger partial charge < -0.3 is 16.2 Å². The van der Waals surface area contributed by atoms with Gasteiger partial charge in [-0.05, 0) is 12.5 Å². The van der Waals surface area contributed by atoms with E-state index >= 15 is 0 Å². The second-order valence-corrected chi connectivity index (χ2v) is 3.24. The van der Waals surface area contributed by atoms with Gasteiger partial charge in [0.05, 0.1) is 18.0 Å². The summed E-state index contributed by atoms with van der Waals surface area (Å²) in [5, 5.41) is -0.148. The van der Waals surface area contributed by atoms with Gasteiger partial charge in [-0.1, -0.05) is 18.5 Å². The standard InChI is InChI=1S/C9H12ClFN2O/c1-2-3-14-9-6(13)4-5(12)7(10)8(9)11/h4H,2-3,12-13H2,1H3. The number of benzene rings is 1. The Bertz CT molecular complexity index is 344. The van der Waals surface area contributed by atoms with Crippen LogP contribution < -0.4 is 16.2 Å². The first-order valence-corrected chi connectivity index (χ1v) is 4.61. The molecule has 0 amide bonds. The van der Waals surface area contributed by atoms with Crippen molar-refractivity contribution in [1.29, 1.82) is 0 Å². The number of nitrogen functional groups attached to an aromatic ring is 2. The maximum absolute atomic E-state index is 13.4. The molecule has 0 aliphatic rings. The molecule has 1 aromatic carbocycles. The van der Waals surface area contributed by atoms with E-state index in [0.717, 1.165) is 6.42 Å². The van der Waals surface area contributed by atoms with E-state index in [1.807, 2.05) is 6.92 Å². The molecule has 0 saturated carbocycles. The minimum absolute atomic E-state index is 0.0222. The summed E-state index contributed by atoms with van der Waals surface area (Å²) in [6, 6.07) is 1.39. The summed E-state index contributed by atoms with van der Waals surface area (Å²) in [4.78, 5) is 0. The van der Waals surface area contributed by atoms with Crippen molar-refractivity contribution in [2.45, 2.75) is 13.3 Å². The van der Waals surface area contributed by atoms with Crippen LogP contribution in [0.5, 0.6) is 5.75 Å². The van der Waals surface area contributed by atoms with E-state index in [2.05, 4.69) is 0 Å². The monoisotopic (exact) mass is 218 g/mol. The topological polar surface area (TPSA) is 61.3 Å². The van der Waals surface area contributed by atoms with Gasteiger partial charge in [0.1, 0.15) is 5.02 Å². The zero-order valence-electron chi connectivity index (χ0n) is 7.81. The van der Waals surface area contributed by atoms with E-state index in [4.69, 9.17) is 27.8 Å². The van der Waals surface area contributed by atoms with Crippen LogP contribution in [0.2, 0.25) is 5.02 Å². The van der Waals surface area contributed by atoms with E-state index in [9.17, 15) is 4.39 Å². The van der Waals surface area contributed by atoms with Gasteiger partial charge in [0.15, 0.2) is 11.6 Å². The number of anilines is 2. The van der Waals surface area contributed by atoms with Crippen LogP contribution in [0.15, 0.2) is 6.07 Å². The summed E-state index contributed by atoms with van der Waals surface area (Å²) >= 11 is 5.60. The van der Waals surface area contributed by atoms with Gasteiger partial charge in [0.25, 0.3) is 0 Å². The molecular formula is C9H12ClFN2O. The lowest BCUT2D eigenvalue weighted by Crippen LogP contribution is -2.03. The number of hydrogen-bond acceptors (Lipinski definition) is 3. The summed E-state index contributed by atoms with van der Waals surface area (Å²) in [6.07, 6.45) is 0.765. The van der Waals surface area contributed by atoms with Gasteiger partial charge in [0, 0.05) is 0 Å². The second kappa shape index (κ2) is 4.37. The van der Waals surface area contributed by atoms with E-state index < -0.39 is 5.82 Å². The van der Waals surface area contributed by atoms with Crippen LogP contribution in [-0.4, -0.2) is 6.61 Å². The molecule has 0 spiro atoms. The maximum Gasteiger partial charge on any atom is 0.187 e. The fraction of sp³-hybridized carbons (Fsp3) is 0.333. The Labute approximate surface area is 86.8 Å². The Morgan fingerprint density at radius 3 is 2.64 bits per heavy atom. The molecule has 3 nitrogen and oxygen atoms in total. The maximum atomic E-state index is 13.4. The largest absolute Gasteiger partial charge is 0.488 e. The zero-order valence-corrected chi connectivity index (χ0v) is 8.57. The van der Waals surface area contributed by atoms with Crippen molar-refractivity contribution in [3.8, 4) is 5.75 Å². The van der Waals surface area contributed by atoms with Crippen LogP contribution >= 0.6 is 11.6 Å². The van der Waals surface area contributed by atoms with Crippen molar-refractivity contribution in [2.75, 3.05) is 18.1 Å². The first-order chi connectivity index (χ1) is 6.57. The van der Waals surface area contributed by atoms with E-state index in [0.29, 0.717) is 6.61 Å². The molecule has 0 radical (unpaired) electrons. The lowest BCUT2D eigenvalue weighted by Gasteiger charge is -2.11. The van der Waals surface area contributed by atoms with E-state index in [1.54, 1.807) is 0 Å². The van der Waals surface area contributed by atoms with Gasteiger partial charge in [-0.2, -0.15) is 0 Å². The molecule has 1 aromatic rings. The van der Waals surface area contributed by atoms with Crippen molar-refractivity contribution in [1.82, 2.24) is 0 Å². The Hall–Kier alpha value is -1.16. The molecule has 78 valence electrons. The van der Waals surface area contributed by atoms with Gasteiger partial charge in [-0.3, -0.25) is 0 Å². The molecule has 0 aromatic heterocycles. The smallest absolute Gasteiger partial charge is 0.187 e. The highest BCUT2D eigenvalue weighted by atomic mass is 35.5. The number of rotatable bonds is 3. The summed E-state index contributed by atoms with van der Waals surface area (Å²) < 4.78 is 18.5. The van der Waals surface area contributed by atoms with Gasteiger partial charge in [-0.15, -0.1) is 0 Å². The molecule has 5 heteroatoms. The second-order valence-electron chi connectivity index (χ2n) is 2.86. The van der Waals surface area contributed by atoms with E-state index in [-0.39, 0.29) is 22.1 Å². The summed E-state index contributed by atoms with van der Waals surface area (Å²) in [6.45, 7) is 2.30. The highest BCUT2D eigenvalue weighted by molar-refractivity contribution is 6.33. The first kappa shape index (κ1) is 10.9. The number of halogens is 2. The third-order valence-corrected chi connectivity index (χ3v) is 2.05. The average Bonchev–Trinajstić information content (AvgIpc) is 2.14. The van der Waals surface area contributed by atoms with Crippen LogP contribution in [0.25, 0.3) is 0 Å². The van der Waals surface area contributed by atoms with Crippen molar-refractivity contribution in [3.63, 3.8) is 0 Å². The van der Waals surface area contributed by atoms with Crippen LogP contribution in [0, 0.1) is 5.82 Å². The van der Waals surface area contributed by atoms with Crippen molar-refractivity contribution >= 4 is 23.0 Å². The molecular weight excluding hydrogens is 207 g/mol. The van der Waals surface area contributed by atoms with Crippen LogP contribution in [0.3, 0.4) is 0 Å². The molecule has 0 heterocycles. The van der Waals surface area contributed by atoms with Gasteiger partial charge in [-0.25, -0.2) is 4.39 Å². The fourth-order valence-electron chi connectivity index (χ4n) is 1.00. The molecule has 14 heavy (non-hydrogen) atoms. The predicted octanol–water partition coefficient (Wildman–Crippen LogP) is 2.43. The number of nitrogens with two attached hydrogens (primary N) is 2. The Kier molecular flexibility index (Phi) is 3.41. The van der Waals surface area contributed by atoms with Gasteiger partial charge in [0.2, 0.25) is 0 Å². The van der Waals surface area contributed by atoms with Gasteiger partial charge >= 0.3 is 0 Å². The van der Waals surface area contributed by atoms with Crippen LogP contribution in [-0.2, 0) is 0 Å². The third kappa shape index (κ3) is 2.01. The Morgan fingerprint density at radius 2 is 2.07 bits per heavy atom. The highest BCUT2D eigenvalue weighted by Crippen LogP contribution is 2.35. The molecule has 0 unspecified atom stereocenters. The average molecular weight is 219 g/mol. The lowest BCUT2D eigenvalue weighted by atomic mass is 10.2. The summed E-state index contributed by atoms with van der Waals surface area (Å²) in [5.41, 5.74) is 11.2. The molecule has 0 fully saturated rings. The fourth-order valence-corrected chi connectivity index (χ4v) is 1.14. The van der Waals surface area contributed by atoms with Crippen molar-refractivity contribution < 1.29 is 9.13 Å². The highest BCUT2D eigenvalue weighted by Gasteiger charge is 2.14. The number of ether oxygens (including phenoxy) is 1. The molecule has 1 rings (SSSR count). The number of hydrogen-bond donors (Lipinski definition) is 2. The molecule has 0 saturated heterocycles. The Balaban J connectivity index is 3.09. The van der Waals surface area contributed by atoms with Crippen molar-refractivity contribution in [2.24, 2.45) is 0 Å². The SMILES string of the molecule is CCCOc1c(N)cc(N)c(Cl)c1F. The first-order valence-electron chi connectivity index (χ1n) is 4.23. The third-order valence-electron chi connectivity index (χ3n) is 1.67. The molecule has 0 aliphatic carbocycles. The van der Waals surface area contributed by atoms with Crippen molar-refractivity contribution in [3.05, 3.63) is 16.9 Å².